The third-order valence-electron chi connectivity index (χ3n) is 3.11. The van der Waals surface area contributed by atoms with Gasteiger partial charge in [-0.3, -0.25) is 0 Å². The maximum absolute atomic E-state index is 12.9. The Balaban J connectivity index is 2.86. The molecule has 1 N–H and O–H groups in total. The van der Waals surface area contributed by atoms with Crippen LogP contribution < -0.4 is 4.90 Å². The Kier molecular flexibility index (Phi) is 5.83. The maximum Gasteiger partial charge on any atom is 0.416 e. The number of alkyl halides is 3. The van der Waals surface area contributed by atoms with Gasteiger partial charge in [-0.2, -0.15) is 13.2 Å². The lowest BCUT2D eigenvalue weighted by molar-refractivity contribution is -0.138. The number of anilines is 1. The molecule has 114 valence electrons. The molecule has 3 nitrogen and oxygen atoms in total. The summed E-state index contributed by atoms with van der Waals surface area (Å²) in [7, 11) is 5.68. The summed E-state index contributed by atoms with van der Waals surface area (Å²) in [5.74, 6) is 0. The minimum Gasteiger partial charge on any atom is -0.392 e. The summed E-state index contributed by atoms with van der Waals surface area (Å²) < 4.78 is 38.7. The molecule has 0 radical (unpaired) electrons. The van der Waals surface area contributed by atoms with Crippen molar-refractivity contribution in [2.24, 2.45) is 0 Å². The fraction of sp³-hybridized carbons (Fsp3) is 0.571. The highest BCUT2D eigenvalue weighted by Crippen LogP contribution is 2.34. The van der Waals surface area contributed by atoms with E-state index in [1.165, 1.54) is 6.07 Å². The largest absolute Gasteiger partial charge is 0.416 e. The van der Waals surface area contributed by atoms with Gasteiger partial charge in [-0.1, -0.05) is 6.07 Å². The van der Waals surface area contributed by atoms with E-state index in [9.17, 15) is 13.2 Å². The van der Waals surface area contributed by atoms with Crippen molar-refractivity contribution in [2.45, 2.75) is 19.2 Å². The van der Waals surface area contributed by atoms with E-state index in [1.54, 1.807) is 18.0 Å². The van der Waals surface area contributed by atoms with E-state index in [1.807, 2.05) is 19.0 Å². The predicted octanol–water partition coefficient (Wildman–Crippen LogP) is 2.59. The van der Waals surface area contributed by atoms with Crippen LogP contribution in [-0.4, -0.2) is 44.2 Å². The molecule has 0 spiro atoms. The van der Waals surface area contributed by atoms with E-state index in [0.29, 0.717) is 12.2 Å². The normalized spacial score (nSPS) is 12.0. The van der Waals surface area contributed by atoms with Crippen LogP contribution in [0.1, 0.15) is 17.5 Å². The maximum atomic E-state index is 12.9. The van der Waals surface area contributed by atoms with Gasteiger partial charge in [0.05, 0.1) is 12.2 Å². The monoisotopic (exact) mass is 290 g/mol. The average molecular weight is 290 g/mol. The zero-order chi connectivity index (χ0) is 15.3. The Morgan fingerprint density at radius 1 is 1.10 bits per heavy atom. The highest BCUT2D eigenvalue weighted by molar-refractivity contribution is 5.51. The number of benzene rings is 1. The summed E-state index contributed by atoms with van der Waals surface area (Å²) in [4.78, 5) is 3.82. The summed E-state index contributed by atoms with van der Waals surface area (Å²) in [6.07, 6.45) is -3.58. The van der Waals surface area contributed by atoms with Crippen LogP contribution in [0.4, 0.5) is 18.9 Å². The second-order valence-corrected chi connectivity index (χ2v) is 5.08. The van der Waals surface area contributed by atoms with Gasteiger partial charge in [0, 0.05) is 19.3 Å². The molecular formula is C14H21F3N2O. The molecule has 0 bridgehead atoms. The van der Waals surface area contributed by atoms with Gasteiger partial charge in [0.15, 0.2) is 0 Å². The number of hydrogen-bond acceptors (Lipinski definition) is 3. The van der Waals surface area contributed by atoms with Crippen molar-refractivity contribution < 1.29 is 18.3 Å². The van der Waals surface area contributed by atoms with Gasteiger partial charge < -0.3 is 14.9 Å². The molecule has 1 rings (SSSR count). The Labute approximate surface area is 117 Å². The second kappa shape index (κ2) is 6.95. The third-order valence-corrected chi connectivity index (χ3v) is 3.11. The van der Waals surface area contributed by atoms with Crippen LogP contribution in [-0.2, 0) is 12.8 Å². The number of halogens is 3. The van der Waals surface area contributed by atoms with Crippen LogP contribution in [0.15, 0.2) is 18.2 Å². The van der Waals surface area contributed by atoms with Gasteiger partial charge in [-0.25, -0.2) is 0 Å². The molecular weight excluding hydrogens is 269 g/mol. The Morgan fingerprint density at radius 3 is 2.25 bits per heavy atom. The quantitative estimate of drug-likeness (QED) is 0.872. The van der Waals surface area contributed by atoms with Crippen molar-refractivity contribution in [1.82, 2.24) is 4.90 Å². The SMILES string of the molecule is CN(C)CCCN(C)c1ccc(CO)c(C(F)(F)F)c1. The number of hydrogen-bond donors (Lipinski definition) is 1. The van der Waals surface area contributed by atoms with Crippen LogP contribution in [0.25, 0.3) is 0 Å². The Bertz CT molecular complexity index is 433. The standard InChI is InChI=1S/C14H21F3N2O/c1-18(2)7-4-8-19(3)12-6-5-11(10-20)13(9-12)14(15,16)17/h5-6,9,20H,4,7-8,10H2,1-3H3. The topological polar surface area (TPSA) is 26.7 Å². The van der Waals surface area contributed by atoms with Crippen LogP contribution >= 0.6 is 0 Å². The lowest BCUT2D eigenvalue weighted by Gasteiger charge is -2.22. The molecule has 0 fully saturated rings. The highest BCUT2D eigenvalue weighted by Gasteiger charge is 2.33. The molecule has 20 heavy (non-hydrogen) atoms. The van der Waals surface area contributed by atoms with Crippen LogP contribution in [0.5, 0.6) is 0 Å². The van der Waals surface area contributed by atoms with Crippen LogP contribution in [0, 0.1) is 0 Å². The number of nitrogens with zero attached hydrogens (tertiary/aromatic N) is 2. The second-order valence-electron chi connectivity index (χ2n) is 5.08. The van der Waals surface area contributed by atoms with Gasteiger partial charge in [0.2, 0.25) is 0 Å². The van der Waals surface area contributed by atoms with Crippen molar-refractivity contribution in [3.63, 3.8) is 0 Å². The summed E-state index contributed by atoms with van der Waals surface area (Å²) in [6.45, 7) is 0.943. The molecule has 0 atom stereocenters. The Hall–Kier alpha value is -1.27. The van der Waals surface area contributed by atoms with Crippen molar-refractivity contribution >= 4 is 5.69 Å². The molecule has 0 heterocycles. The summed E-state index contributed by atoms with van der Waals surface area (Å²) in [6, 6.07) is 4.04. The van der Waals surface area contributed by atoms with E-state index < -0.39 is 18.3 Å². The van der Waals surface area contributed by atoms with Gasteiger partial charge in [0.25, 0.3) is 0 Å². The first kappa shape index (κ1) is 16.8. The summed E-state index contributed by atoms with van der Waals surface area (Å²) >= 11 is 0. The lowest BCUT2D eigenvalue weighted by Crippen LogP contribution is -2.23. The molecule has 0 saturated heterocycles. The lowest BCUT2D eigenvalue weighted by atomic mass is 10.1. The molecule has 0 unspecified atom stereocenters. The van der Waals surface area contributed by atoms with Gasteiger partial charge >= 0.3 is 6.18 Å². The number of aliphatic hydroxyl groups excluding tert-OH is 1. The van der Waals surface area contributed by atoms with Crippen LogP contribution in [0.3, 0.4) is 0 Å². The summed E-state index contributed by atoms with van der Waals surface area (Å²) in [5.41, 5.74) is -0.354. The zero-order valence-corrected chi connectivity index (χ0v) is 12.0. The molecule has 0 saturated carbocycles. The third kappa shape index (κ3) is 4.68. The Morgan fingerprint density at radius 2 is 1.75 bits per heavy atom. The minimum atomic E-state index is -4.45. The molecule has 0 amide bonds. The molecule has 0 aliphatic heterocycles. The number of rotatable bonds is 6. The van der Waals surface area contributed by atoms with Crippen molar-refractivity contribution in [3.05, 3.63) is 29.3 Å². The fourth-order valence-corrected chi connectivity index (χ4v) is 1.96. The predicted molar refractivity (Wildman–Crippen MR) is 73.8 cm³/mol. The zero-order valence-electron chi connectivity index (χ0n) is 12.0. The minimum absolute atomic E-state index is 0.0945. The summed E-state index contributed by atoms with van der Waals surface area (Å²) in [5, 5.41) is 8.99. The molecule has 0 aliphatic rings. The van der Waals surface area contributed by atoms with E-state index in [2.05, 4.69) is 0 Å². The van der Waals surface area contributed by atoms with Crippen molar-refractivity contribution in [2.75, 3.05) is 39.1 Å². The van der Waals surface area contributed by atoms with Gasteiger partial charge in [-0.05, 0) is 44.8 Å². The van der Waals surface area contributed by atoms with Crippen molar-refractivity contribution in [1.29, 1.82) is 0 Å². The number of aliphatic hydroxyl groups is 1. The molecule has 1 aromatic rings. The van der Waals surface area contributed by atoms with Gasteiger partial charge in [-0.15, -0.1) is 0 Å². The van der Waals surface area contributed by atoms with E-state index >= 15 is 0 Å². The van der Waals surface area contributed by atoms with Crippen molar-refractivity contribution in [3.8, 4) is 0 Å². The molecule has 6 heteroatoms. The fourth-order valence-electron chi connectivity index (χ4n) is 1.96. The molecule has 0 aliphatic carbocycles. The first-order valence-electron chi connectivity index (χ1n) is 6.42. The first-order chi connectivity index (χ1) is 9.25. The highest BCUT2D eigenvalue weighted by atomic mass is 19.4. The van der Waals surface area contributed by atoms with E-state index in [-0.39, 0.29) is 5.56 Å². The average Bonchev–Trinajstić information content (AvgIpc) is 2.36. The van der Waals surface area contributed by atoms with E-state index in [0.717, 1.165) is 19.0 Å². The molecule has 0 aromatic heterocycles. The first-order valence-corrected chi connectivity index (χ1v) is 6.42. The molecule has 1 aromatic carbocycles. The van der Waals surface area contributed by atoms with Crippen LogP contribution in [0.2, 0.25) is 0 Å². The van der Waals surface area contributed by atoms with Gasteiger partial charge in [0.1, 0.15) is 0 Å². The smallest absolute Gasteiger partial charge is 0.392 e. The van der Waals surface area contributed by atoms with E-state index in [4.69, 9.17) is 5.11 Å².